The van der Waals surface area contributed by atoms with E-state index in [1.165, 1.54) is 49.7 Å². The van der Waals surface area contributed by atoms with E-state index in [9.17, 15) is 14.9 Å². The van der Waals surface area contributed by atoms with Crippen molar-refractivity contribution in [3.8, 4) is 11.5 Å². The van der Waals surface area contributed by atoms with E-state index < -0.39 is 10.8 Å². The molecule has 0 aromatic heterocycles. The van der Waals surface area contributed by atoms with Gasteiger partial charge in [0.25, 0.3) is 11.6 Å². The molecule has 2 aromatic rings. The van der Waals surface area contributed by atoms with Gasteiger partial charge in [-0.05, 0) is 61.8 Å². The molecule has 0 bridgehead atoms. The molecule has 1 fully saturated rings. The molecule has 1 aliphatic rings. The number of nitro benzene ring substituents is 1. The summed E-state index contributed by atoms with van der Waals surface area (Å²) in [7, 11) is 1.57. The molecule has 1 N–H and O–H groups in total. The lowest BCUT2D eigenvalue weighted by Crippen LogP contribution is -2.33. The summed E-state index contributed by atoms with van der Waals surface area (Å²) < 4.78 is 11.3. The summed E-state index contributed by atoms with van der Waals surface area (Å²) in [5, 5.41) is 14.6. The van der Waals surface area contributed by atoms with E-state index in [1.807, 2.05) is 12.1 Å². The van der Waals surface area contributed by atoms with Crippen LogP contribution in [0, 0.1) is 10.1 Å². The maximum Gasteiger partial charge on any atom is 0.271 e. The largest absolute Gasteiger partial charge is 0.493 e. The number of likely N-dealkylation sites (tertiary alicyclic amines) is 1. The molecule has 9 heteroatoms. The van der Waals surface area contributed by atoms with Crippen LogP contribution in [0.2, 0.25) is 0 Å². The van der Waals surface area contributed by atoms with E-state index >= 15 is 0 Å². The highest BCUT2D eigenvalue weighted by Crippen LogP contribution is 2.27. The Kier molecular flexibility index (Phi) is 7.94. The first-order valence-electron chi connectivity index (χ1n) is 10.2. The Balaban J connectivity index is 1.52. The monoisotopic (exact) mass is 426 g/mol. The number of nitrogens with one attached hydrogen (secondary N) is 1. The fourth-order valence-electron chi connectivity index (χ4n) is 3.32. The van der Waals surface area contributed by atoms with Gasteiger partial charge in [-0.1, -0.05) is 6.42 Å². The van der Waals surface area contributed by atoms with Crippen LogP contribution in [0.5, 0.6) is 11.5 Å². The first-order valence-corrected chi connectivity index (χ1v) is 10.2. The van der Waals surface area contributed by atoms with Crippen molar-refractivity contribution >= 4 is 17.8 Å². The third-order valence-electron chi connectivity index (χ3n) is 5.02. The zero-order valence-corrected chi connectivity index (χ0v) is 17.5. The normalized spacial score (nSPS) is 14.4. The molecule has 0 saturated carbocycles. The molecule has 0 spiro atoms. The molecule has 1 amide bonds. The Bertz CT molecular complexity index is 924. The van der Waals surface area contributed by atoms with Gasteiger partial charge < -0.3 is 9.47 Å². The SMILES string of the molecule is COc1cc(/C=N/NC(=O)c2ccc([N+](=O)[O-])cc2)ccc1OCCN1CCCCC1. The smallest absolute Gasteiger partial charge is 0.271 e. The van der Waals surface area contributed by atoms with Crippen molar-refractivity contribution in [1.29, 1.82) is 0 Å². The van der Waals surface area contributed by atoms with Crippen molar-refractivity contribution in [3.63, 3.8) is 0 Å². The Morgan fingerprint density at radius 3 is 2.58 bits per heavy atom. The first kappa shape index (κ1) is 22.2. The van der Waals surface area contributed by atoms with Crippen molar-refractivity contribution in [2.75, 3.05) is 33.4 Å². The third kappa shape index (κ3) is 6.51. The number of benzene rings is 2. The number of rotatable bonds is 9. The lowest BCUT2D eigenvalue weighted by atomic mass is 10.1. The molecule has 0 radical (unpaired) electrons. The van der Waals surface area contributed by atoms with Crippen LogP contribution in [0.25, 0.3) is 0 Å². The van der Waals surface area contributed by atoms with Gasteiger partial charge in [-0.15, -0.1) is 0 Å². The maximum atomic E-state index is 12.1. The number of hydrazone groups is 1. The van der Waals surface area contributed by atoms with Crippen LogP contribution >= 0.6 is 0 Å². The first-order chi connectivity index (χ1) is 15.1. The molecule has 0 atom stereocenters. The number of piperidine rings is 1. The minimum Gasteiger partial charge on any atom is -0.493 e. The number of nitro groups is 1. The van der Waals surface area contributed by atoms with Crippen molar-refractivity contribution in [1.82, 2.24) is 10.3 Å². The van der Waals surface area contributed by atoms with Crippen molar-refractivity contribution in [3.05, 3.63) is 63.7 Å². The van der Waals surface area contributed by atoms with E-state index in [-0.39, 0.29) is 11.3 Å². The predicted octanol–water partition coefficient (Wildman–Crippen LogP) is 3.23. The van der Waals surface area contributed by atoms with Gasteiger partial charge in [0.05, 0.1) is 18.2 Å². The molecule has 0 unspecified atom stereocenters. The second-order valence-corrected chi connectivity index (χ2v) is 7.16. The minimum absolute atomic E-state index is 0.0783. The average Bonchev–Trinajstić information content (AvgIpc) is 2.80. The van der Waals surface area contributed by atoms with Crippen molar-refractivity contribution in [2.45, 2.75) is 19.3 Å². The molecule has 1 aliphatic heterocycles. The van der Waals surface area contributed by atoms with Gasteiger partial charge in [-0.25, -0.2) is 5.43 Å². The summed E-state index contributed by atoms with van der Waals surface area (Å²) in [5.74, 6) is 0.784. The highest BCUT2D eigenvalue weighted by molar-refractivity contribution is 5.95. The van der Waals surface area contributed by atoms with Crippen LogP contribution < -0.4 is 14.9 Å². The molecule has 1 saturated heterocycles. The summed E-state index contributed by atoms with van der Waals surface area (Å²) in [4.78, 5) is 24.7. The van der Waals surface area contributed by atoms with E-state index in [1.54, 1.807) is 13.2 Å². The van der Waals surface area contributed by atoms with Gasteiger partial charge in [0.15, 0.2) is 11.5 Å². The van der Waals surface area contributed by atoms with Gasteiger partial charge >= 0.3 is 0 Å². The second kappa shape index (κ2) is 11.1. The van der Waals surface area contributed by atoms with E-state index in [0.29, 0.717) is 18.1 Å². The average molecular weight is 426 g/mol. The zero-order valence-electron chi connectivity index (χ0n) is 17.5. The van der Waals surface area contributed by atoms with Crippen LogP contribution in [0.1, 0.15) is 35.2 Å². The second-order valence-electron chi connectivity index (χ2n) is 7.16. The Morgan fingerprint density at radius 2 is 1.90 bits per heavy atom. The summed E-state index contributed by atoms with van der Waals surface area (Å²) in [6.45, 7) is 3.74. The van der Waals surface area contributed by atoms with E-state index in [4.69, 9.17) is 9.47 Å². The Morgan fingerprint density at radius 1 is 1.16 bits per heavy atom. The molecule has 31 heavy (non-hydrogen) atoms. The summed E-state index contributed by atoms with van der Waals surface area (Å²) in [5.41, 5.74) is 3.33. The zero-order chi connectivity index (χ0) is 22.1. The number of hydrogen-bond donors (Lipinski definition) is 1. The van der Waals surface area contributed by atoms with Gasteiger partial charge in [-0.2, -0.15) is 5.10 Å². The number of hydrogen-bond acceptors (Lipinski definition) is 7. The molecular weight excluding hydrogens is 400 g/mol. The van der Waals surface area contributed by atoms with Crippen LogP contribution in [-0.4, -0.2) is 55.3 Å². The van der Waals surface area contributed by atoms with Crippen molar-refractivity contribution < 1.29 is 19.2 Å². The summed E-state index contributed by atoms with van der Waals surface area (Å²) >= 11 is 0. The fraction of sp³-hybridized carbons (Fsp3) is 0.364. The topological polar surface area (TPSA) is 106 Å². The lowest BCUT2D eigenvalue weighted by Gasteiger charge is -2.26. The molecule has 0 aliphatic carbocycles. The number of carbonyl (C=O) groups is 1. The highest BCUT2D eigenvalue weighted by atomic mass is 16.6. The van der Waals surface area contributed by atoms with E-state index in [0.717, 1.165) is 25.2 Å². The molecule has 2 aromatic carbocycles. The number of methoxy groups -OCH3 is 1. The summed E-state index contributed by atoms with van der Waals surface area (Å²) in [6, 6.07) is 10.7. The van der Waals surface area contributed by atoms with Gasteiger partial charge in [-0.3, -0.25) is 19.8 Å². The minimum atomic E-state index is -0.520. The lowest BCUT2D eigenvalue weighted by molar-refractivity contribution is -0.384. The van der Waals surface area contributed by atoms with Crippen LogP contribution in [0.15, 0.2) is 47.6 Å². The van der Waals surface area contributed by atoms with Gasteiger partial charge in [0, 0.05) is 24.2 Å². The molecule has 9 nitrogen and oxygen atoms in total. The third-order valence-corrected chi connectivity index (χ3v) is 5.02. The molecule has 164 valence electrons. The van der Waals surface area contributed by atoms with Crippen molar-refractivity contribution in [2.24, 2.45) is 5.10 Å². The van der Waals surface area contributed by atoms with Gasteiger partial charge in [0.1, 0.15) is 6.61 Å². The number of carbonyl (C=O) groups excluding carboxylic acids is 1. The fourth-order valence-corrected chi connectivity index (χ4v) is 3.32. The molecule has 3 rings (SSSR count). The van der Waals surface area contributed by atoms with Crippen LogP contribution in [-0.2, 0) is 0 Å². The van der Waals surface area contributed by atoms with E-state index in [2.05, 4.69) is 15.4 Å². The Labute approximate surface area is 180 Å². The highest BCUT2D eigenvalue weighted by Gasteiger charge is 2.11. The number of nitrogens with zero attached hydrogens (tertiary/aromatic N) is 3. The molecule has 1 heterocycles. The summed E-state index contributed by atoms with van der Waals surface area (Å²) in [6.07, 6.45) is 5.29. The number of non-ortho nitro benzene ring substituents is 1. The maximum absolute atomic E-state index is 12.1. The standard InChI is InChI=1S/C22H26N4O5/c1-30-21-15-17(5-10-20(21)31-14-13-25-11-3-2-4-12-25)16-23-24-22(27)18-6-8-19(9-7-18)26(28)29/h5-10,15-16H,2-4,11-14H2,1H3,(H,24,27)/b23-16+. The predicted molar refractivity (Wildman–Crippen MR) is 117 cm³/mol. The Hall–Kier alpha value is -3.46. The van der Waals surface area contributed by atoms with Crippen LogP contribution in [0.4, 0.5) is 5.69 Å². The number of amides is 1. The van der Waals surface area contributed by atoms with Gasteiger partial charge in [0.2, 0.25) is 0 Å². The quantitative estimate of drug-likeness (QED) is 0.375. The number of ether oxygens (including phenoxy) is 2. The molecular formula is C22H26N4O5. The van der Waals surface area contributed by atoms with Crippen LogP contribution in [0.3, 0.4) is 0 Å².